The second kappa shape index (κ2) is 26.2. The molecule has 0 spiro atoms. The Kier molecular flexibility index (Phi) is 16.9. The van der Waals surface area contributed by atoms with Gasteiger partial charge in [0.2, 0.25) is 0 Å². The molecule has 16 aromatic carbocycles. The Balaban J connectivity index is 0.000000126. The van der Waals surface area contributed by atoms with Crippen LogP contribution in [-0.2, 0) is 9.31 Å². The summed E-state index contributed by atoms with van der Waals surface area (Å²) in [6.07, 6.45) is 0. The molecule has 1 saturated heterocycles. The van der Waals surface area contributed by atoms with Crippen molar-refractivity contribution >= 4 is 77.2 Å². The summed E-state index contributed by atoms with van der Waals surface area (Å²) in [6, 6.07) is 115. The van der Waals surface area contributed by atoms with Crippen molar-refractivity contribution in [2.45, 2.75) is 73.5 Å². The van der Waals surface area contributed by atoms with Crippen LogP contribution in [0.1, 0.15) is 55.5 Å². The topological polar surface area (TPSA) is 18.5 Å². The van der Waals surface area contributed by atoms with Crippen LogP contribution in [-0.4, -0.2) is 18.3 Å². The van der Waals surface area contributed by atoms with E-state index in [1.165, 1.54) is 170 Å². The average molecular weight is 1260 g/mol. The number of hydrogen-bond donors (Lipinski definition) is 0. The van der Waals surface area contributed by atoms with Crippen LogP contribution in [0.5, 0.6) is 0 Å². The molecular weight excluding hydrogens is 1180 g/mol. The smallest absolute Gasteiger partial charge is 0.399 e. The Labute approximate surface area is 577 Å². The molecule has 1 aliphatic rings. The molecule has 0 atom stereocenters. The molecule has 0 amide bonds. The van der Waals surface area contributed by atoms with Gasteiger partial charge in [0, 0.05) is 0 Å². The number of hydrogen-bond acceptors (Lipinski definition) is 2. The summed E-state index contributed by atoms with van der Waals surface area (Å²) in [5.74, 6) is 0. The van der Waals surface area contributed by atoms with Crippen LogP contribution in [0, 0.1) is 34.6 Å². The predicted octanol–water partition coefficient (Wildman–Crippen LogP) is 25.5. The zero-order chi connectivity index (χ0) is 67.2. The van der Waals surface area contributed by atoms with Crippen LogP contribution < -0.4 is 5.46 Å². The Morgan fingerprint density at radius 2 is 0.418 bits per heavy atom. The Morgan fingerprint density at radius 3 is 0.745 bits per heavy atom. The van der Waals surface area contributed by atoms with Gasteiger partial charge in [0.05, 0.1) is 11.2 Å². The normalized spacial score (nSPS) is 13.2. The summed E-state index contributed by atoms with van der Waals surface area (Å²) in [6.45, 7) is 19.0. The van der Waals surface area contributed by atoms with Crippen LogP contribution in [0.3, 0.4) is 0 Å². The first-order valence-corrected chi connectivity index (χ1v) is 34.3. The van der Waals surface area contributed by atoms with E-state index in [9.17, 15) is 0 Å². The van der Waals surface area contributed by atoms with Crippen LogP contribution in [0.2, 0.25) is 0 Å². The lowest BCUT2D eigenvalue weighted by Gasteiger charge is -2.32. The zero-order valence-electron chi connectivity index (χ0n) is 57.4. The minimum atomic E-state index is -0.380. The highest BCUT2D eigenvalue weighted by Gasteiger charge is 2.52. The summed E-state index contributed by atoms with van der Waals surface area (Å²) < 4.78 is 12.7. The first-order valence-electron chi connectivity index (χ1n) is 34.3. The quantitative estimate of drug-likeness (QED) is 0.112. The van der Waals surface area contributed by atoms with Crippen LogP contribution >= 0.6 is 0 Å². The molecule has 2 nitrogen and oxygen atoms in total. The summed E-state index contributed by atoms with van der Waals surface area (Å²) in [5, 5.41) is 15.8. The fourth-order valence-electron chi connectivity index (χ4n) is 14.1. The van der Waals surface area contributed by atoms with Crippen molar-refractivity contribution < 1.29 is 9.31 Å². The van der Waals surface area contributed by atoms with Gasteiger partial charge in [-0.1, -0.05) is 301 Å². The first kappa shape index (κ1) is 63.1. The van der Waals surface area contributed by atoms with Gasteiger partial charge in [0.25, 0.3) is 0 Å². The molecule has 16 aromatic rings. The summed E-state index contributed by atoms with van der Waals surface area (Å²) in [7, 11) is -0.380. The van der Waals surface area contributed by atoms with Crippen molar-refractivity contribution in [2.24, 2.45) is 0 Å². The molecule has 0 unspecified atom stereocenters. The van der Waals surface area contributed by atoms with Crippen molar-refractivity contribution in [3.05, 3.63) is 343 Å². The molecule has 3 heteroatoms. The van der Waals surface area contributed by atoms with Crippen molar-refractivity contribution in [1.82, 2.24) is 0 Å². The minimum absolute atomic E-state index is 0.360. The van der Waals surface area contributed by atoms with Gasteiger partial charge >= 0.3 is 7.12 Å². The summed E-state index contributed by atoms with van der Waals surface area (Å²) in [5.41, 5.74) is 23.8. The summed E-state index contributed by atoms with van der Waals surface area (Å²) >= 11 is 0. The van der Waals surface area contributed by atoms with E-state index < -0.39 is 0 Å². The highest BCUT2D eigenvalue weighted by atomic mass is 16.7. The maximum atomic E-state index is 6.35. The second-order valence-electron chi connectivity index (χ2n) is 27.8. The van der Waals surface area contributed by atoms with Crippen molar-refractivity contribution in [3.63, 3.8) is 0 Å². The minimum Gasteiger partial charge on any atom is -0.399 e. The largest absolute Gasteiger partial charge is 0.494 e. The van der Waals surface area contributed by atoms with E-state index >= 15 is 0 Å². The second-order valence-corrected chi connectivity index (χ2v) is 27.8. The van der Waals surface area contributed by atoms with Crippen LogP contribution in [0.15, 0.2) is 315 Å². The van der Waals surface area contributed by atoms with Gasteiger partial charge in [-0.15, -0.1) is 0 Å². The van der Waals surface area contributed by atoms with E-state index in [1.54, 1.807) is 0 Å². The van der Waals surface area contributed by atoms with Gasteiger partial charge in [-0.25, -0.2) is 0 Å². The maximum absolute atomic E-state index is 6.35. The van der Waals surface area contributed by atoms with Gasteiger partial charge in [0.1, 0.15) is 0 Å². The van der Waals surface area contributed by atoms with Crippen molar-refractivity contribution in [3.8, 4) is 77.9 Å². The molecule has 0 bridgehead atoms. The summed E-state index contributed by atoms with van der Waals surface area (Å²) in [4.78, 5) is 0. The van der Waals surface area contributed by atoms with Crippen LogP contribution in [0.25, 0.3) is 143 Å². The molecule has 0 aromatic heterocycles. The predicted molar refractivity (Wildman–Crippen MR) is 422 cm³/mol. The Hall–Kier alpha value is -10.9. The van der Waals surface area contributed by atoms with E-state index in [2.05, 4.69) is 378 Å². The Morgan fingerprint density at radius 1 is 0.184 bits per heavy atom. The highest BCUT2D eigenvalue weighted by Crippen LogP contribution is 2.42. The standard InChI is InChI=1S/C44H32.C26H29BO2.C25H18/c1-29-14-18-31(19-15-29)36-25-37(32-20-16-30(2)17-21-32)27-38(26-36)34-9-7-8-33(24-34)35-22-23-43-41-12-4-3-10-39(41)40-11-5-6-13-42(40)44(43)28-35;1-18-7-11-20(12-8-18)22-15-23(21-13-9-19(2)10-14-21)17-24(16-22)27-28-25(3,4)26(5,6)29-27;1-17-7-6-8-18(15-17)19-13-14-24-22-11-3-2-9-20(22)21-10-4-5-12-23(21)25(24)16-19/h3-28H,1-2H3;7-17H,1-6H3;2-16H,1H3. The SMILES string of the molecule is Cc1ccc(-c2cc(-c3ccc(C)cc3)cc(-c3cccc(-c4ccc5c6ccccc6c6ccccc6c5c4)c3)c2)cc1.Cc1ccc(-c2cc(B3OC(C)(C)C(C)(C)O3)cc(-c3ccc(C)cc3)c2)cc1.Cc1cccc(-c2ccc3c4ccccc4c4ccccc4c3c2)c1. The molecule has 0 saturated carbocycles. The third kappa shape index (κ3) is 12.6. The monoisotopic (exact) mass is 1260 g/mol. The zero-order valence-corrected chi connectivity index (χ0v) is 57.4. The lowest BCUT2D eigenvalue weighted by molar-refractivity contribution is 0.00578. The fraction of sp³-hybridized carbons (Fsp3) is 0.116. The molecule has 474 valence electrons. The van der Waals surface area contributed by atoms with E-state index in [4.69, 9.17) is 9.31 Å². The number of fused-ring (bicyclic) bond motifs is 12. The van der Waals surface area contributed by atoms with E-state index in [0.717, 1.165) is 5.46 Å². The number of aryl methyl sites for hydroxylation is 5. The average Bonchev–Trinajstić information content (AvgIpc) is 0.817. The lowest BCUT2D eigenvalue weighted by atomic mass is 9.76. The van der Waals surface area contributed by atoms with Gasteiger partial charge in [-0.05, 0) is 253 Å². The maximum Gasteiger partial charge on any atom is 0.494 e. The fourth-order valence-corrected chi connectivity index (χ4v) is 14.1. The third-order valence-corrected chi connectivity index (χ3v) is 20.3. The van der Waals surface area contributed by atoms with Gasteiger partial charge in [0.15, 0.2) is 0 Å². The van der Waals surface area contributed by atoms with E-state index in [-0.39, 0.29) is 18.3 Å². The van der Waals surface area contributed by atoms with Gasteiger partial charge < -0.3 is 9.31 Å². The van der Waals surface area contributed by atoms with Crippen molar-refractivity contribution in [1.29, 1.82) is 0 Å². The number of rotatable bonds is 8. The number of benzene rings is 16. The molecule has 1 fully saturated rings. The molecule has 17 rings (SSSR count). The molecule has 0 N–H and O–H groups in total. The van der Waals surface area contributed by atoms with Crippen LogP contribution in [0.4, 0.5) is 0 Å². The molecular formula is C95H79BO2. The Bertz CT molecular complexity index is 5450. The highest BCUT2D eigenvalue weighted by molar-refractivity contribution is 6.62. The van der Waals surface area contributed by atoms with E-state index in [0.29, 0.717) is 0 Å². The molecule has 1 heterocycles. The third-order valence-electron chi connectivity index (χ3n) is 20.3. The van der Waals surface area contributed by atoms with Crippen molar-refractivity contribution in [2.75, 3.05) is 0 Å². The molecule has 0 aliphatic carbocycles. The first-order chi connectivity index (χ1) is 47.6. The molecule has 0 radical (unpaired) electrons. The van der Waals surface area contributed by atoms with E-state index in [1.807, 2.05) is 0 Å². The molecule has 1 aliphatic heterocycles. The van der Waals surface area contributed by atoms with Gasteiger partial charge in [-0.2, -0.15) is 0 Å². The molecule has 98 heavy (non-hydrogen) atoms. The van der Waals surface area contributed by atoms with Gasteiger partial charge in [-0.3, -0.25) is 0 Å². The lowest BCUT2D eigenvalue weighted by Crippen LogP contribution is -2.41.